The maximum absolute atomic E-state index is 11.9. The number of carbonyl (C=O) groups excluding carboxylic acids is 1. The van der Waals surface area contributed by atoms with Crippen molar-refractivity contribution in [3.63, 3.8) is 0 Å². The van der Waals surface area contributed by atoms with E-state index in [1.165, 1.54) is 0 Å². The summed E-state index contributed by atoms with van der Waals surface area (Å²) in [5.74, 6) is 0.0303. The van der Waals surface area contributed by atoms with Gasteiger partial charge in [-0.3, -0.25) is 4.79 Å². The van der Waals surface area contributed by atoms with E-state index >= 15 is 0 Å². The van der Waals surface area contributed by atoms with Crippen LogP contribution in [0.2, 0.25) is 5.02 Å². The summed E-state index contributed by atoms with van der Waals surface area (Å²) in [6.07, 6.45) is 0.530. The molecule has 0 saturated carbocycles. The fourth-order valence-electron chi connectivity index (χ4n) is 1.45. The van der Waals surface area contributed by atoms with E-state index in [-0.39, 0.29) is 23.7 Å². The monoisotopic (exact) mass is 352 g/mol. The molecule has 0 heterocycles. The standard InChI is InChI=1S/C12H14BrClO3S/c1-2-18(16,17)7-3-4-12(15)10-6-5-9(13)8-11(10)14/h5-6,8H,2-4,7H2,1H3. The number of hydrogen-bond acceptors (Lipinski definition) is 3. The second kappa shape index (κ2) is 6.68. The zero-order valence-corrected chi connectivity index (χ0v) is 13.1. The minimum atomic E-state index is -3.01. The Morgan fingerprint density at radius 1 is 1.39 bits per heavy atom. The number of hydrogen-bond donors (Lipinski definition) is 0. The maximum atomic E-state index is 11.9. The first kappa shape index (κ1) is 15.7. The highest BCUT2D eigenvalue weighted by Gasteiger charge is 2.13. The number of ketones is 1. The Kier molecular flexibility index (Phi) is 5.82. The van der Waals surface area contributed by atoms with Crippen molar-refractivity contribution in [3.05, 3.63) is 33.3 Å². The second-order valence-electron chi connectivity index (χ2n) is 3.89. The number of benzene rings is 1. The third kappa shape index (κ3) is 4.71. The first-order valence-electron chi connectivity index (χ1n) is 5.54. The largest absolute Gasteiger partial charge is 0.294 e. The van der Waals surface area contributed by atoms with Crippen LogP contribution in [0.3, 0.4) is 0 Å². The molecule has 0 radical (unpaired) electrons. The molecule has 6 heteroatoms. The summed E-state index contributed by atoms with van der Waals surface area (Å²) in [7, 11) is -3.01. The molecule has 0 spiro atoms. The molecule has 0 fully saturated rings. The van der Waals surface area contributed by atoms with Crippen LogP contribution < -0.4 is 0 Å². The molecular weight excluding hydrogens is 340 g/mol. The highest BCUT2D eigenvalue weighted by molar-refractivity contribution is 9.10. The number of carbonyl (C=O) groups is 1. The van der Waals surface area contributed by atoms with Gasteiger partial charge in [0.15, 0.2) is 5.78 Å². The zero-order chi connectivity index (χ0) is 13.8. The molecule has 0 amide bonds. The van der Waals surface area contributed by atoms with E-state index in [2.05, 4.69) is 15.9 Å². The van der Waals surface area contributed by atoms with E-state index in [0.29, 0.717) is 17.0 Å². The summed E-state index contributed by atoms with van der Waals surface area (Å²) >= 11 is 9.21. The molecule has 0 aliphatic carbocycles. The average molecular weight is 354 g/mol. The lowest BCUT2D eigenvalue weighted by atomic mass is 10.1. The van der Waals surface area contributed by atoms with Crippen LogP contribution in [0.1, 0.15) is 30.1 Å². The van der Waals surface area contributed by atoms with E-state index in [9.17, 15) is 13.2 Å². The highest BCUT2D eigenvalue weighted by atomic mass is 79.9. The van der Waals surface area contributed by atoms with Crippen molar-refractivity contribution >= 4 is 43.2 Å². The van der Waals surface area contributed by atoms with E-state index in [4.69, 9.17) is 11.6 Å². The van der Waals surface area contributed by atoms with Gasteiger partial charge in [0.25, 0.3) is 0 Å². The van der Waals surface area contributed by atoms with Gasteiger partial charge in [-0.15, -0.1) is 0 Å². The molecule has 1 aromatic carbocycles. The first-order valence-corrected chi connectivity index (χ1v) is 8.53. The molecular formula is C12H14BrClO3S. The van der Waals surface area contributed by atoms with E-state index < -0.39 is 9.84 Å². The molecule has 18 heavy (non-hydrogen) atoms. The van der Waals surface area contributed by atoms with Crippen molar-refractivity contribution in [1.29, 1.82) is 0 Å². The number of Topliss-reactive ketones (excluding diaryl/α,β-unsaturated/α-hetero) is 1. The Balaban J connectivity index is 2.61. The van der Waals surface area contributed by atoms with Crippen LogP contribution in [0.5, 0.6) is 0 Å². The summed E-state index contributed by atoms with van der Waals surface area (Å²) in [4.78, 5) is 11.9. The molecule has 0 unspecified atom stereocenters. The van der Waals surface area contributed by atoms with Gasteiger partial charge < -0.3 is 0 Å². The third-order valence-corrected chi connectivity index (χ3v) is 5.13. The molecule has 0 N–H and O–H groups in total. The fraction of sp³-hybridized carbons (Fsp3) is 0.417. The molecule has 3 nitrogen and oxygen atoms in total. The summed E-state index contributed by atoms with van der Waals surface area (Å²) in [5, 5.41) is 0.382. The van der Waals surface area contributed by atoms with Gasteiger partial charge in [-0.25, -0.2) is 8.42 Å². The van der Waals surface area contributed by atoms with Gasteiger partial charge in [0.2, 0.25) is 0 Å². The van der Waals surface area contributed by atoms with E-state index in [0.717, 1.165) is 4.47 Å². The van der Waals surface area contributed by atoms with Crippen LogP contribution in [0.15, 0.2) is 22.7 Å². The molecule has 1 rings (SSSR count). The lowest BCUT2D eigenvalue weighted by molar-refractivity contribution is 0.0982. The maximum Gasteiger partial charge on any atom is 0.164 e. The van der Waals surface area contributed by atoms with Crippen LogP contribution >= 0.6 is 27.5 Å². The highest BCUT2D eigenvalue weighted by Crippen LogP contribution is 2.22. The normalized spacial score (nSPS) is 11.5. The lowest BCUT2D eigenvalue weighted by Gasteiger charge is -2.04. The summed E-state index contributed by atoms with van der Waals surface area (Å²) in [6.45, 7) is 1.60. The van der Waals surface area contributed by atoms with Crippen molar-refractivity contribution in [2.24, 2.45) is 0 Å². The molecule has 0 aliphatic heterocycles. The Bertz CT molecular complexity index is 540. The van der Waals surface area contributed by atoms with Crippen molar-refractivity contribution in [2.45, 2.75) is 19.8 Å². The molecule has 1 aromatic rings. The quantitative estimate of drug-likeness (QED) is 0.735. The third-order valence-electron chi connectivity index (χ3n) is 2.53. The van der Waals surface area contributed by atoms with Crippen LogP contribution in [0, 0.1) is 0 Å². The van der Waals surface area contributed by atoms with E-state index in [1.807, 2.05) is 0 Å². The molecule has 0 aliphatic rings. The van der Waals surface area contributed by atoms with Crippen LogP contribution in [-0.4, -0.2) is 25.7 Å². The van der Waals surface area contributed by atoms with Crippen molar-refractivity contribution in [1.82, 2.24) is 0 Å². The van der Waals surface area contributed by atoms with Gasteiger partial charge in [0, 0.05) is 22.2 Å². The minimum absolute atomic E-state index is 0.0450. The first-order chi connectivity index (χ1) is 8.35. The Labute approximate surface area is 121 Å². The zero-order valence-electron chi connectivity index (χ0n) is 9.95. The Morgan fingerprint density at radius 2 is 2.06 bits per heavy atom. The topological polar surface area (TPSA) is 51.2 Å². The summed E-state index contributed by atoms with van der Waals surface area (Å²) in [6, 6.07) is 5.03. The van der Waals surface area contributed by atoms with Gasteiger partial charge in [0.1, 0.15) is 9.84 Å². The summed E-state index contributed by atoms with van der Waals surface area (Å²) < 4.78 is 23.4. The molecule has 0 atom stereocenters. The van der Waals surface area contributed by atoms with Crippen molar-refractivity contribution < 1.29 is 13.2 Å². The molecule has 100 valence electrons. The number of sulfone groups is 1. The molecule has 0 aromatic heterocycles. The predicted molar refractivity (Wildman–Crippen MR) is 77.0 cm³/mol. The average Bonchev–Trinajstić information content (AvgIpc) is 2.28. The smallest absolute Gasteiger partial charge is 0.164 e. The lowest BCUT2D eigenvalue weighted by Crippen LogP contribution is -2.10. The Morgan fingerprint density at radius 3 is 2.61 bits per heavy atom. The van der Waals surface area contributed by atoms with Crippen molar-refractivity contribution in [3.8, 4) is 0 Å². The van der Waals surface area contributed by atoms with Gasteiger partial charge in [0.05, 0.1) is 10.8 Å². The van der Waals surface area contributed by atoms with Crippen LogP contribution in [0.4, 0.5) is 0 Å². The van der Waals surface area contributed by atoms with Gasteiger partial charge >= 0.3 is 0 Å². The SMILES string of the molecule is CCS(=O)(=O)CCCC(=O)c1ccc(Br)cc1Cl. The van der Waals surface area contributed by atoms with Crippen LogP contribution in [0.25, 0.3) is 0 Å². The van der Waals surface area contributed by atoms with Crippen LogP contribution in [-0.2, 0) is 9.84 Å². The van der Waals surface area contributed by atoms with Gasteiger partial charge in [-0.1, -0.05) is 34.5 Å². The van der Waals surface area contributed by atoms with Gasteiger partial charge in [-0.05, 0) is 24.6 Å². The van der Waals surface area contributed by atoms with E-state index in [1.54, 1.807) is 25.1 Å². The predicted octanol–water partition coefficient (Wildman–Crippen LogP) is 3.50. The number of halogens is 2. The minimum Gasteiger partial charge on any atom is -0.294 e. The fourth-order valence-corrected chi connectivity index (χ4v) is 3.10. The van der Waals surface area contributed by atoms with Crippen molar-refractivity contribution in [2.75, 3.05) is 11.5 Å². The van der Waals surface area contributed by atoms with Gasteiger partial charge in [-0.2, -0.15) is 0 Å². The molecule has 0 bridgehead atoms. The molecule has 0 saturated heterocycles. The second-order valence-corrected chi connectivity index (χ2v) is 7.68. The Hall–Kier alpha value is -0.390. The summed E-state index contributed by atoms with van der Waals surface area (Å²) in [5.41, 5.74) is 0.439. The number of rotatable bonds is 6.